The Bertz CT molecular complexity index is 478. The molecule has 0 heterocycles. The normalized spacial score (nSPS) is 18.4. The third-order valence-electron chi connectivity index (χ3n) is 3.99. The van der Waals surface area contributed by atoms with Crippen LogP contribution in [0.15, 0.2) is 22.7 Å². The van der Waals surface area contributed by atoms with E-state index < -0.39 is 0 Å². The Morgan fingerprint density at radius 1 is 1.21 bits per heavy atom. The van der Waals surface area contributed by atoms with Crippen molar-refractivity contribution >= 4 is 21.8 Å². The number of rotatable bonds is 5. The summed E-state index contributed by atoms with van der Waals surface area (Å²) < 4.78 is 0.925. The fourth-order valence-electron chi connectivity index (χ4n) is 2.43. The number of aryl methyl sites for hydroxylation is 1. The van der Waals surface area contributed by atoms with Gasteiger partial charge in [-0.3, -0.25) is 4.79 Å². The van der Waals surface area contributed by atoms with Crippen molar-refractivity contribution in [2.24, 2.45) is 11.8 Å². The second-order valence-electron chi connectivity index (χ2n) is 6.08. The van der Waals surface area contributed by atoms with Crippen LogP contribution in [-0.4, -0.2) is 23.9 Å². The van der Waals surface area contributed by atoms with E-state index in [4.69, 9.17) is 0 Å². The number of hydrogen-bond donors (Lipinski definition) is 0. The van der Waals surface area contributed by atoms with Crippen molar-refractivity contribution in [2.45, 2.75) is 32.6 Å². The number of hydrogen-bond acceptors (Lipinski definition) is 1. The molecule has 0 radical (unpaired) electrons. The van der Waals surface area contributed by atoms with E-state index in [1.807, 2.05) is 25.1 Å². The minimum absolute atomic E-state index is 0.200. The van der Waals surface area contributed by atoms with E-state index >= 15 is 0 Å². The van der Waals surface area contributed by atoms with Gasteiger partial charge < -0.3 is 4.90 Å². The predicted octanol–water partition coefficient (Wildman–Crippen LogP) is 4.02. The summed E-state index contributed by atoms with van der Waals surface area (Å²) in [6.07, 6.45) is 5.18. The van der Waals surface area contributed by atoms with Crippen molar-refractivity contribution in [3.8, 4) is 0 Å². The van der Waals surface area contributed by atoms with Crippen LogP contribution in [0.25, 0.3) is 0 Å². The van der Waals surface area contributed by atoms with Crippen LogP contribution in [-0.2, 0) is 0 Å². The molecule has 19 heavy (non-hydrogen) atoms. The van der Waals surface area contributed by atoms with Crippen LogP contribution in [0.1, 0.15) is 41.6 Å². The largest absolute Gasteiger partial charge is 0.338 e. The van der Waals surface area contributed by atoms with E-state index in [0.717, 1.165) is 35.0 Å². The molecule has 3 heteroatoms. The molecule has 0 atom stereocenters. The van der Waals surface area contributed by atoms with Crippen LogP contribution in [0.4, 0.5) is 0 Å². The lowest BCUT2D eigenvalue weighted by Gasteiger charge is -2.23. The smallest absolute Gasteiger partial charge is 0.255 e. The molecule has 0 bridgehead atoms. The molecule has 2 aliphatic rings. The van der Waals surface area contributed by atoms with Crippen molar-refractivity contribution in [1.29, 1.82) is 0 Å². The molecule has 2 aliphatic carbocycles. The number of carbonyl (C=O) groups is 1. The molecule has 0 spiro atoms. The number of halogens is 1. The maximum absolute atomic E-state index is 12.7. The van der Waals surface area contributed by atoms with Crippen LogP contribution >= 0.6 is 15.9 Å². The molecule has 0 aromatic heterocycles. The van der Waals surface area contributed by atoms with E-state index in [1.165, 1.54) is 31.2 Å². The molecule has 1 aromatic carbocycles. The molecular weight excluding hydrogens is 302 g/mol. The first-order valence-electron chi connectivity index (χ1n) is 7.19. The van der Waals surface area contributed by atoms with Crippen LogP contribution in [0.2, 0.25) is 0 Å². The van der Waals surface area contributed by atoms with Crippen LogP contribution < -0.4 is 0 Å². The van der Waals surface area contributed by atoms with E-state index in [1.54, 1.807) is 0 Å². The van der Waals surface area contributed by atoms with Gasteiger partial charge >= 0.3 is 0 Å². The predicted molar refractivity (Wildman–Crippen MR) is 80.2 cm³/mol. The molecule has 2 fully saturated rings. The second-order valence-corrected chi connectivity index (χ2v) is 6.93. The van der Waals surface area contributed by atoms with Gasteiger partial charge in [-0.05, 0) is 78.1 Å². The summed E-state index contributed by atoms with van der Waals surface area (Å²) in [5, 5.41) is 0. The van der Waals surface area contributed by atoms with E-state index in [2.05, 4.69) is 20.8 Å². The van der Waals surface area contributed by atoms with Gasteiger partial charge in [0.15, 0.2) is 0 Å². The monoisotopic (exact) mass is 321 g/mol. The first kappa shape index (κ1) is 13.2. The molecule has 1 aromatic rings. The Labute approximate surface area is 123 Å². The van der Waals surface area contributed by atoms with Gasteiger partial charge in [-0.25, -0.2) is 0 Å². The summed E-state index contributed by atoms with van der Waals surface area (Å²) in [4.78, 5) is 14.8. The van der Waals surface area contributed by atoms with Gasteiger partial charge in [-0.1, -0.05) is 6.07 Å². The standard InChI is InChI=1S/C16H20BrNO/c1-11-2-7-14(15(17)8-11)16(19)18(9-12-3-4-12)10-13-5-6-13/h2,7-8,12-13H,3-6,9-10H2,1H3. The molecule has 0 aliphatic heterocycles. The third kappa shape index (κ3) is 3.38. The SMILES string of the molecule is Cc1ccc(C(=O)N(CC2CC2)CC2CC2)c(Br)c1. The van der Waals surface area contributed by atoms with E-state index in [0.29, 0.717) is 0 Å². The molecule has 3 rings (SSSR count). The zero-order valence-corrected chi connectivity index (χ0v) is 12.9. The van der Waals surface area contributed by atoms with E-state index in [9.17, 15) is 4.79 Å². The highest BCUT2D eigenvalue weighted by Crippen LogP contribution is 2.34. The van der Waals surface area contributed by atoms with Crippen molar-refractivity contribution in [3.63, 3.8) is 0 Å². The van der Waals surface area contributed by atoms with Crippen LogP contribution in [0.5, 0.6) is 0 Å². The maximum Gasteiger partial charge on any atom is 0.255 e. The highest BCUT2D eigenvalue weighted by molar-refractivity contribution is 9.10. The van der Waals surface area contributed by atoms with Crippen LogP contribution in [0.3, 0.4) is 0 Å². The lowest BCUT2D eigenvalue weighted by atomic mass is 10.1. The summed E-state index contributed by atoms with van der Waals surface area (Å²) in [6, 6.07) is 6.00. The first-order chi connectivity index (χ1) is 9.13. The highest BCUT2D eigenvalue weighted by Gasteiger charge is 2.32. The zero-order valence-electron chi connectivity index (χ0n) is 11.4. The Balaban J connectivity index is 1.76. The first-order valence-corrected chi connectivity index (χ1v) is 7.98. The quantitative estimate of drug-likeness (QED) is 0.802. The van der Waals surface area contributed by atoms with Crippen molar-refractivity contribution < 1.29 is 4.79 Å². The fraction of sp³-hybridized carbons (Fsp3) is 0.562. The van der Waals surface area contributed by atoms with Crippen molar-refractivity contribution in [1.82, 2.24) is 4.90 Å². The highest BCUT2D eigenvalue weighted by atomic mass is 79.9. The Morgan fingerprint density at radius 3 is 2.26 bits per heavy atom. The second kappa shape index (κ2) is 5.28. The molecule has 0 N–H and O–H groups in total. The molecule has 1 amide bonds. The zero-order chi connectivity index (χ0) is 13.4. The molecule has 0 unspecified atom stereocenters. The fourth-order valence-corrected chi connectivity index (χ4v) is 3.09. The average molecular weight is 322 g/mol. The van der Waals surface area contributed by atoms with Gasteiger partial charge in [-0.2, -0.15) is 0 Å². The lowest BCUT2D eigenvalue weighted by molar-refractivity contribution is 0.0738. The van der Waals surface area contributed by atoms with Crippen molar-refractivity contribution in [2.75, 3.05) is 13.1 Å². The van der Waals surface area contributed by atoms with Gasteiger partial charge in [0, 0.05) is 17.6 Å². The topological polar surface area (TPSA) is 20.3 Å². The molecule has 2 nitrogen and oxygen atoms in total. The maximum atomic E-state index is 12.7. The Kier molecular flexibility index (Phi) is 3.66. The van der Waals surface area contributed by atoms with Gasteiger partial charge in [0.25, 0.3) is 5.91 Å². The minimum Gasteiger partial charge on any atom is -0.338 e. The van der Waals surface area contributed by atoms with Gasteiger partial charge in [0.05, 0.1) is 5.56 Å². The molecule has 2 saturated carbocycles. The summed E-state index contributed by atoms with van der Waals surface area (Å²) in [7, 11) is 0. The molecule has 102 valence electrons. The minimum atomic E-state index is 0.200. The van der Waals surface area contributed by atoms with Crippen molar-refractivity contribution in [3.05, 3.63) is 33.8 Å². The summed E-state index contributed by atoms with van der Waals surface area (Å²) >= 11 is 3.53. The molecule has 0 saturated heterocycles. The van der Waals surface area contributed by atoms with Gasteiger partial charge in [0.1, 0.15) is 0 Å². The molecular formula is C16H20BrNO. The number of benzene rings is 1. The van der Waals surface area contributed by atoms with E-state index in [-0.39, 0.29) is 5.91 Å². The Morgan fingerprint density at radius 2 is 1.79 bits per heavy atom. The van der Waals surface area contributed by atoms with Crippen LogP contribution in [0, 0.1) is 18.8 Å². The Hall–Kier alpha value is -0.830. The summed E-state index contributed by atoms with van der Waals surface area (Å²) in [5.74, 6) is 1.71. The third-order valence-corrected chi connectivity index (χ3v) is 4.65. The number of nitrogens with zero attached hydrogens (tertiary/aromatic N) is 1. The summed E-state index contributed by atoms with van der Waals surface area (Å²) in [6.45, 7) is 3.95. The average Bonchev–Trinajstić information content (AvgIpc) is 3.22. The van der Waals surface area contributed by atoms with Gasteiger partial charge in [0.2, 0.25) is 0 Å². The van der Waals surface area contributed by atoms with Gasteiger partial charge in [-0.15, -0.1) is 0 Å². The number of carbonyl (C=O) groups excluding carboxylic acids is 1. The summed E-state index contributed by atoms with van der Waals surface area (Å²) in [5.41, 5.74) is 1.99. The lowest BCUT2D eigenvalue weighted by Crippen LogP contribution is -2.35. The number of amides is 1.